The standard InChI is InChI=1S/C10H13FN2O/c1-2-3-14-10-5-9(13)8(11)4-7(10)6-12/h1,7-10H,3-5,13H2. The smallest absolute Gasteiger partial charge is 0.117 e. The SMILES string of the molecule is C#CCOC1CC(N)C(F)CC1C#N. The van der Waals surface area contributed by atoms with E-state index in [1.165, 1.54) is 0 Å². The van der Waals surface area contributed by atoms with Crippen molar-refractivity contribution in [3.63, 3.8) is 0 Å². The maximum atomic E-state index is 13.1. The van der Waals surface area contributed by atoms with Crippen molar-refractivity contribution in [1.29, 1.82) is 5.26 Å². The number of terminal acetylenes is 1. The van der Waals surface area contributed by atoms with Crippen molar-refractivity contribution in [2.45, 2.75) is 31.2 Å². The lowest BCUT2D eigenvalue weighted by Crippen LogP contribution is -2.45. The maximum Gasteiger partial charge on any atom is 0.117 e. The zero-order chi connectivity index (χ0) is 10.6. The lowest BCUT2D eigenvalue weighted by atomic mass is 9.83. The number of ether oxygens (including phenoxy) is 1. The quantitative estimate of drug-likeness (QED) is 0.658. The first-order valence-electron chi connectivity index (χ1n) is 4.53. The lowest BCUT2D eigenvalue weighted by molar-refractivity contribution is -0.00281. The number of hydrogen-bond donors (Lipinski definition) is 1. The molecule has 0 aromatic heterocycles. The first-order chi connectivity index (χ1) is 6.69. The van der Waals surface area contributed by atoms with Crippen LogP contribution in [0.25, 0.3) is 0 Å². The summed E-state index contributed by atoms with van der Waals surface area (Å²) in [6.45, 7) is 0.145. The van der Waals surface area contributed by atoms with Crippen LogP contribution in [-0.2, 0) is 4.74 Å². The molecule has 1 saturated carbocycles. The minimum absolute atomic E-state index is 0.145. The van der Waals surface area contributed by atoms with Crippen LogP contribution in [0, 0.1) is 29.6 Å². The van der Waals surface area contributed by atoms with E-state index < -0.39 is 18.1 Å². The van der Waals surface area contributed by atoms with Crippen LogP contribution in [-0.4, -0.2) is 24.9 Å². The fourth-order valence-corrected chi connectivity index (χ4v) is 1.62. The minimum Gasteiger partial charge on any atom is -0.364 e. The summed E-state index contributed by atoms with van der Waals surface area (Å²) in [6, 6.07) is 1.49. The Morgan fingerprint density at radius 3 is 2.86 bits per heavy atom. The molecule has 4 unspecified atom stereocenters. The van der Waals surface area contributed by atoms with E-state index in [1.807, 2.05) is 6.07 Å². The normalized spacial score (nSPS) is 37.1. The number of rotatable bonds is 2. The Hall–Kier alpha value is -1.10. The van der Waals surface area contributed by atoms with Gasteiger partial charge in [0.05, 0.1) is 18.1 Å². The Labute approximate surface area is 83.0 Å². The highest BCUT2D eigenvalue weighted by molar-refractivity contribution is 4.99. The molecule has 14 heavy (non-hydrogen) atoms. The molecule has 0 bridgehead atoms. The van der Waals surface area contributed by atoms with Crippen LogP contribution in [0.1, 0.15) is 12.8 Å². The molecule has 4 heteroatoms. The van der Waals surface area contributed by atoms with Crippen molar-refractivity contribution in [2.75, 3.05) is 6.61 Å². The van der Waals surface area contributed by atoms with Crippen LogP contribution in [0.15, 0.2) is 0 Å². The van der Waals surface area contributed by atoms with Gasteiger partial charge in [0.1, 0.15) is 12.8 Å². The van der Waals surface area contributed by atoms with Crippen molar-refractivity contribution in [2.24, 2.45) is 11.7 Å². The third-order valence-corrected chi connectivity index (χ3v) is 2.44. The Kier molecular flexibility index (Phi) is 3.88. The van der Waals surface area contributed by atoms with Crippen molar-refractivity contribution in [1.82, 2.24) is 0 Å². The molecule has 0 heterocycles. The summed E-state index contributed by atoms with van der Waals surface area (Å²) in [5.41, 5.74) is 5.54. The molecule has 76 valence electrons. The molecule has 0 aromatic rings. The molecule has 4 atom stereocenters. The van der Waals surface area contributed by atoms with Gasteiger partial charge in [-0.25, -0.2) is 4.39 Å². The summed E-state index contributed by atoms with van der Waals surface area (Å²) in [6.07, 6.45) is 4.11. The molecule has 0 amide bonds. The first-order valence-corrected chi connectivity index (χ1v) is 4.53. The molecule has 1 aliphatic carbocycles. The zero-order valence-electron chi connectivity index (χ0n) is 7.82. The van der Waals surface area contributed by atoms with Gasteiger partial charge < -0.3 is 10.5 Å². The molecule has 0 aromatic carbocycles. The second kappa shape index (κ2) is 4.95. The van der Waals surface area contributed by atoms with Gasteiger partial charge in [0.15, 0.2) is 0 Å². The van der Waals surface area contributed by atoms with E-state index in [0.717, 1.165) is 0 Å². The molecule has 2 N–H and O–H groups in total. The fraction of sp³-hybridized carbons (Fsp3) is 0.700. The van der Waals surface area contributed by atoms with Crippen LogP contribution in [0.3, 0.4) is 0 Å². The van der Waals surface area contributed by atoms with E-state index in [0.29, 0.717) is 6.42 Å². The number of hydrogen-bond acceptors (Lipinski definition) is 3. The highest BCUT2D eigenvalue weighted by Crippen LogP contribution is 2.27. The van der Waals surface area contributed by atoms with Crippen LogP contribution >= 0.6 is 0 Å². The number of nitriles is 1. The van der Waals surface area contributed by atoms with E-state index in [2.05, 4.69) is 5.92 Å². The van der Waals surface area contributed by atoms with E-state index in [-0.39, 0.29) is 19.1 Å². The Balaban J connectivity index is 2.55. The van der Waals surface area contributed by atoms with Gasteiger partial charge in [-0.2, -0.15) is 5.26 Å². The fourth-order valence-electron chi connectivity index (χ4n) is 1.62. The number of nitrogens with two attached hydrogens (primary N) is 1. The minimum atomic E-state index is -1.11. The summed E-state index contributed by atoms with van der Waals surface area (Å²) in [5, 5.41) is 8.78. The molecule has 1 aliphatic rings. The summed E-state index contributed by atoms with van der Waals surface area (Å²) < 4.78 is 18.4. The maximum absolute atomic E-state index is 13.1. The second-order valence-corrected chi connectivity index (χ2v) is 3.44. The van der Waals surface area contributed by atoms with E-state index in [4.69, 9.17) is 22.2 Å². The average Bonchev–Trinajstić information content (AvgIpc) is 2.19. The summed E-state index contributed by atoms with van der Waals surface area (Å²) in [4.78, 5) is 0. The third kappa shape index (κ3) is 2.45. The summed E-state index contributed by atoms with van der Waals surface area (Å²) >= 11 is 0. The van der Waals surface area contributed by atoms with Gasteiger partial charge in [-0.3, -0.25) is 0 Å². The summed E-state index contributed by atoms with van der Waals surface area (Å²) in [5.74, 6) is 1.89. The summed E-state index contributed by atoms with van der Waals surface area (Å²) in [7, 11) is 0. The van der Waals surface area contributed by atoms with E-state index >= 15 is 0 Å². The first kappa shape index (κ1) is 11.0. The molecule has 3 nitrogen and oxygen atoms in total. The van der Waals surface area contributed by atoms with Gasteiger partial charge in [-0.05, 0) is 12.8 Å². The Morgan fingerprint density at radius 1 is 1.57 bits per heavy atom. The van der Waals surface area contributed by atoms with Gasteiger partial charge in [0.2, 0.25) is 0 Å². The number of halogens is 1. The van der Waals surface area contributed by atoms with Gasteiger partial charge in [0, 0.05) is 6.04 Å². The van der Waals surface area contributed by atoms with Gasteiger partial charge >= 0.3 is 0 Å². The average molecular weight is 196 g/mol. The highest BCUT2D eigenvalue weighted by Gasteiger charge is 2.36. The second-order valence-electron chi connectivity index (χ2n) is 3.44. The molecule has 0 saturated heterocycles. The highest BCUT2D eigenvalue weighted by atomic mass is 19.1. The van der Waals surface area contributed by atoms with Crippen molar-refractivity contribution >= 4 is 0 Å². The molecular formula is C10H13FN2O. The van der Waals surface area contributed by atoms with E-state index in [1.54, 1.807) is 0 Å². The molecule has 1 fully saturated rings. The zero-order valence-corrected chi connectivity index (χ0v) is 7.82. The molecule has 0 aliphatic heterocycles. The van der Waals surface area contributed by atoms with Crippen molar-refractivity contribution in [3.8, 4) is 18.4 Å². The molecular weight excluding hydrogens is 183 g/mol. The molecule has 0 spiro atoms. The van der Waals surface area contributed by atoms with Gasteiger partial charge in [-0.15, -0.1) is 6.42 Å². The van der Waals surface area contributed by atoms with Crippen LogP contribution in [0.2, 0.25) is 0 Å². The predicted octanol–water partition coefficient (Wildman–Crippen LogP) is 0.604. The van der Waals surface area contributed by atoms with E-state index in [9.17, 15) is 4.39 Å². The molecule has 0 radical (unpaired) electrons. The van der Waals surface area contributed by atoms with Crippen LogP contribution in [0.5, 0.6) is 0 Å². The lowest BCUT2D eigenvalue weighted by Gasteiger charge is -2.32. The van der Waals surface area contributed by atoms with Crippen molar-refractivity contribution < 1.29 is 9.13 Å². The monoisotopic (exact) mass is 196 g/mol. The van der Waals surface area contributed by atoms with Crippen LogP contribution < -0.4 is 5.73 Å². The predicted molar refractivity (Wildman–Crippen MR) is 49.8 cm³/mol. The largest absolute Gasteiger partial charge is 0.364 e. The van der Waals surface area contributed by atoms with Crippen LogP contribution in [0.4, 0.5) is 4.39 Å². The number of nitrogens with zero attached hydrogens (tertiary/aromatic N) is 1. The third-order valence-electron chi connectivity index (χ3n) is 2.44. The molecule has 1 rings (SSSR count). The van der Waals surface area contributed by atoms with Gasteiger partial charge in [0.25, 0.3) is 0 Å². The van der Waals surface area contributed by atoms with Crippen molar-refractivity contribution in [3.05, 3.63) is 0 Å². The van der Waals surface area contributed by atoms with Gasteiger partial charge in [-0.1, -0.05) is 5.92 Å². The topological polar surface area (TPSA) is 59.0 Å². The Bertz CT molecular complexity index is 268. The number of alkyl halides is 1. The Morgan fingerprint density at radius 2 is 2.29 bits per heavy atom.